The molecule has 0 aliphatic heterocycles. The number of unbranched alkanes of at least 4 members (excludes halogenated alkanes) is 1. The molecule has 0 fully saturated rings. The van der Waals surface area contributed by atoms with Crippen LogP contribution in [0.1, 0.15) is 43.5 Å². The van der Waals surface area contributed by atoms with E-state index in [1.165, 1.54) is 7.11 Å². The van der Waals surface area contributed by atoms with Crippen LogP contribution >= 0.6 is 0 Å². The number of hydrogen-bond donors (Lipinski definition) is 2. The van der Waals surface area contributed by atoms with Crippen LogP contribution in [-0.4, -0.2) is 36.7 Å². The molecular weight excluding hydrogens is 286 g/mol. The third kappa shape index (κ3) is 6.03. The number of carboxylic acids is 1. The van der Waals surface area contributed by atoms with Crippen LogP contribution in [0, 0.1) is 0 Å². The standard InChI is InChI=1S/C16H23NO5/c1-11(2)22-13-8-7-12(10-14(13)21-3)16(20)17-9-5-4-6-15(18)19/h7-8,10-11H,4-6,9H2,1-3H3,(H,17,20)(H,18,19). The van der Waals surface area contributed by atoms with E-state index in [1.54, 1.807) is 18.2 Å². The van der Waals surface area contributed by atoms with E-state index in [9.17, 15) is 9.59 Å². The molecule has 2 N–H and O–H groups in total. The molecule has 22 heavy (non-hydrogen) atoms. The summed E-state index contributed by atoms with van der Waals surface area (Å²) in [5.41, 5.74) is 0.478. The van der Waals surface area contributed by atoms with Gasteiger partial charge in [-0.05, 0) is 44.9 Å². The molecule has 0 spiro atoms. The van der Waals surface area contributed by atoms with Gasteiger partial charge in [0.05, 0.1) is 13.2 Å². The molecule has 6 heteroatoms. The number of carboxylic acid groups (broad SMARTS) is 1. The predicted octanol–water partition coefficient (Wildman–Crippen LogP) is 2.47. The number of nitrogens with one attached hydrogen (secondary N) is 1. The first-order chi connectivity index (χ1) is 10.4. The van der Waals surface area contributed by atoms with Crippen LogP contribution in [0.5, 0.6) is 11.5 Å². The number of carbonyl (C=O) groups is 2. The predicted molar refractivity (Wildman–Crippen MR) is 82.6 cm³/mol. The minimum Gasteiger partial charge on any atom is -0.493 e. The van der Waals surface area contributed by atoms with Crippen molar-refractivity contribution in [3.63, 3.8) is 0 Å². The summed E-state index contributed by atoms with van der Waals surface area (Å²) in [5.74, 6) is 0.0595. The average Bonchev–Trinajstić information content (AvgIpc) is 2.46. The lowest BCUT2D eigenvalue weighted by Crippen LogP contribution is -2.24. The van der Waals surface area contributed by atoms with Gasteiger partial charge in [0.2, 0.25) is 0 Å². The Morgan fingerprint density at radius 3 is 2.55 bits per heavy atom. The van der Waals surface area contributed by atoms with Crippen molar-refractivity contribution in [3.8, 4) is 11.5 Å². The molecule has 6 nitrogen and oxygen atoms in total. The summed E-state index contributed by atoms with van der Waals surface area (Å²) in [6.45, 7) is 4.27. The van der Waals surface area contributed by atoms with E-state index in [0.29, 0.717) is 36.4 Å². The minimum atomic E-state index is -0.822. The molecule has 0 saturated heterocycles. The Morgan fingerprint density at radius 2 is 1.95 bits per heavy atom. The largest absolute Gasteiger partial charge is 0.493 e. The molecule has 0 heterocycles. The highest BCUT2D eigenvalue weighted by molar-refractivity contribution is 5.94. The summed E-state index contributed by atoms with van der Waals surface area (Å²) in [6, 6.07) is 5.01. The number of aliphatic carboxylic acids is 1. The second-order valence-corrected chi connectivity index (χ2v) is 5.14. The van der Waals surface area contributed by atoms with E-state index < -0.39 is 5.97 Å². The molecule has 0 radical (unpaired) electrons. The van der Waals surface area contributed by atoms with Crippen LogP contribution < -0.4 is 14.8 Å². The highest BCUT2D eigenvalue weighted by Crippen LogP contribution is 2.28. The lowest BCUT2D eigenvalue weighted by atomic mass is 10.1. The first-order valence-corrected chi connectivity index (χ1v) is 7.28. The van der Waals surface area contributed by atoms with Crippen molar-refractivity contribution < 1.29 is 24.2 Å². The maximum absolute atomic E-state index is 12.0. The Morgan fingerprint density at radius 1 is 1.23 bits per heavy atom. The van der Waals surface area contributed by atoms with Gasteiger partial charge in [-0.1, -0.05) is 0 Å². The highest BCUT2D eigenvalue weighted by Gasteiger charge is 2.11. The van der Waals surface area contributed by atoms with Crippen molar-refractivity contribution in [2.24, 2.45) is 0 Å². The number of amides is 1. The van der Waals surface area contributed by atoms with Crippen LogP contribution in [-0.2, 0) is 4.79 Å². The first-order valence-electron chi connectivity index (χ1n) is 7.28. The smallest absolute Gasteiger partial charge is 0.303 e. The SMILES string of the molecule is COc1cc(C(=O)NCCCCC(=O)O)ccc1OC(C)C. The minimum absolute atomic E-state index is 0.0165. The van der Waals surface area contributed by atoms with Gasteiger partial charge in [-0.15, -0.1) is 0 Å². The van der Waals surface area contributed by atoms with Crippen LogP contribution in [0.3, 0.4) is 0 Å². The Bertz CT molecular complexity index is 513. The molecule has 1 aromatic rings. The second kappa shape index (κ2) is 8.92. The Hall–Kier alpha value is -2.24. The number of ether oxygens (including phenoxy) is 2. The molecular formula is C16H23NO5. The Balaban J connectivity index is 2.56. The molecule has 1 amide bonds. The summed E-state index contributed by atoms with van der Waals surface area (Å²) < 4.78 is 10.8. The van der Waals surface area contributed by atoms with Crippen molar-refractivity contribution in [1.82, 2.24) is 5.32 Å². The lowest BCUT2D eigenvalue weighted by Gasteiger charge is -2.14. The topological polar surface area (TPSA) is 84.9 Å². The van der Waals surface area contributed by atoms with Crippen LogP contribution in [0.15, 0.2) is 18.2 Å². The molecule has 0 aliphatic rings. The third-order valence-corrected chi connectivity index (χ3v) is 2.89. The molecule has 0 aliphatic carbocycles. The van der Waals surface area contributed by atoms with Crippen molar-refractivity contribution in [2.45, 2.75) is 39.2 Å². The van der Waals surface area contributed by atoms with Gasteiger partial charge in [0, 0.05) is 18.5 Å². The van der Waals surface area contributed by atoms with E-state index >= 15 is 0 Å². The summed E-state index contributed by atoms with van der Waals surface area (Å²) in [4.78, 5) is 22.4. The normalized spacial score (nSPS) is 10.4. The fraction of sp³-hybridized carbons (Fsp3) is 0.500. The van der Waals surface area contributed by atoms with Gasteiger partial charge in [0.15, 0.2) is 11.5 Å². The van der Waals surface area contributed by atoms with Crippen molar-refractivity contribution in [3.05, 3.63) is 23.8 Å². The molecule has 0 saturated carbocycles. The van der Waals surface area contributed by atoms with Gasteiger partial charge in [0.1, 0.15) is 0 Å². The van der Waals surface area contributed by atoms with Crippen LogP contribution in [0.4, 0.5) is 0 Å². The number of hydrogen-bond acceptors (Lipinski definition) is 4. The summed E-state index contributed by atoms with van der Waals surface area (Å²) in [5, 5.41) is 11.3. The van der Waals surface area contributed by atoms with E-state index in [1.807, 2.05) is 13.8 Å². The molecule has 122 valence electrons. The maximum atomic E-state index is 12.0. The number of carbonyl (C=O) groups excluding carboxylic acids is 1. The van der Waals surface area contributed by atoms with Crippen molar-refractivity contribution >= 4 is 11.9 Å². The zero-order valence-electron chi connectivity index (χ0n) is 13.2. The van der Waals surface area contributed by atoms with Crippen LogP contribution in [0.2, 0.25) is 0 Å². The van der Waals surface area contributed by atoms with Gasteiger partial charge in [-0.2, -0.15) is 0 Å². The van der Waals surface area contributed by atoms with E-state index in [-0.39, 0.29) is 18.4 Å². The van der Waals surface area contributed by atoms with Gasteiger partial charge >= 0.3 is 5.97 Å². The molecule has 0 bridgehead atoms. The molecule has 1 rings (SSSR count). The van der Waals surface area contributed by atoms with Gasteiger partial charge in [-0.25, -0.2) is 0 Å². The second-order valence-electron chi connectivity index (χ2n) is 5.14. The zero-order chi connectivity index (χ0) is 16.5. The van der Waals surface area contributed by atoms with Gasteiger partial charge in [-0.3, -0.25) is 9.59 Å². The van der Waals surface area contributed by atoms with E-state index in [2.05, 4.69) is 5.32 Å². The number of methoxy groups -OCH3 is 1. The van der Waals surface area contributed by atoms with Crippen molar-refractivity contribution in [1.29, 1.82) is 0 Å². The van der Waals surface area contributed by atoms with E-state index in [4.69, 9.17) is 14.6 Å². The first kappa shape index (κ1) is 17.8. The number of benzene rings is 1. The average molecular weight is 309 g/mol. The molecule has 1 aromatic carbocycles. The van der Waals surface area contributed by atoms with Crippen LogP contribution in [0.25, 0.3) is 0 Å². The van der Waals surface area contributed by atoms with Crippen molar-refractivity contribution in [2.75, 3.05) is 13.7 Å². The maximum Gasteiger partial charge on any atom is 0.303 e. The fourth-order valence-electron chi connectivity index (χ4n) is 1.87. The monoisotopic (exact) mass is 309 g/mol. The summed E-state index contributed by atoms with van der Waals surface area (Å²) in [6.07, 6.45) is 1.30. The summed E-state index contributed by atoms with van der Waals surface area (Å²) in [7, 11) is 1.52. The zero-order valence-corrected chi connectivity index (χ0v) is 13.2. The Kier molecular flexibility index (Phi) is 7.22. The fourth-order valence-corrected chi connectivity index (χ4v) is 1.87. The Labute approximate surface area is 130 Å². The van der Waals surface area contributed by atoms with E-state index in [0.717, 1.165) is 0 Å². The quantitative estimate of drug-likeness (QED) is 0.684. The molecule has 0 atom stereocenters. The third-order valence-electron chi connectivity index (χ3n) is 2.89. The summed E-state index contributed by atoms with van der Waals surface area (Å²) >= 11 is 0. The molecule has 0 aromatic heterocycles. The number of rotatable bonds is 9. The van der Waals surface area contributed by atoms with Gasteiger partial charge in [0.25, 0.3) is 5.91 Å². The lowest BCUT2D eigenvalue weighted by molar-refractivity contribution is -0.137. The van der Waals surface area contributed by atoms with Gasteiger partial charge < -0.3 is 19.9 Å². The molecule has 0 unspecified atom stereocenters. The highest BCUT2D eigenvalue weighted by atomic mass is 16.5.